The van der Waals surface area contributed by atoms with E-state index in [0.29, 0.717) is 18.5 Å². The minimum atomic E-state index is 0.379. The van der Waals surface area contributed by atoms with Crippen LogP contribution in [0.2, 0.25) is 0 Å². The van der Waals surface area contributed by atoms with Gasteiger partial charge >= 0.3 is 0 Å². The maximum absolute atomic E-state index is 5.33. The van der Waals surface area contributed by atoms with Gasteiger partial charge in [-0.3, -0.25) is 4.99 Å². The second kappa shape index (κ2) is 7.67. The lowest BCUT2D eigenvalue weighted by Gasteiger charge is -2.21. The van der Waals surface area contributed by atoms with Gasteiger partial charge < -0.3 is 15.4 Å². The third-order valence-electron chi connectivity index (χ3n) is 3.23. The topological polar surface area (TPSA) is 45.7 Å². The monoisotopic (exact) mass is 263 g/mol. The average molecular weight is 263 g/mol. The Hall–Kier alpha value is -1.71. The highest BCUT2D eigenvalue weighted by Gasteiger charge is 2.09. The first-order valence-corrected chi connectivity index (χ1v) is 6.67. The normalized spacial score (nSPS) is 13.3. The van der Waals surface area contributed by atoms with Crippen LogP contribution in [0.15, 0.2) is 29.3 Å². The van der Waals surface area contributed by atoms with E-state index in [1.54, 1.807) is 14.2 Å². The average Bonchev–Trinajstić information content (AvgIpc) is 2.43. The SMILES string of the molecule is CN=C(NCc1ccccc1OC)NC(C)C(C)C. The van der Waals surface area contributed by atoms with Crippen molar-refractivity contribution >= 4 is 5.96 Å². The lowest BCUT2D eigenvalue weighted by molar-refractivity contribution is 0.409. The van der Waals surface area contributed by atoms with Crippen molar-refractivity contribution in [3.05, 3.63) is 29.8 Å². The van der Waals surface area contributed by atoms with Gasteiger partial charge in [0.05, 0.1) is 7.11 Å². The number of nitrogens with zero attached hydrogens (tertiary/aromatic N) is 1. The second-order valence-electron chi connectivity index (χ2n) is 4.91. The molecule has 0 heterocycles. The van der Waals surface area contributed by atoms with E-state index in [4.69, 9.17) is 4.74 Å². The van der Waals surface area contributed by atoms with E-state index in [1.807, 2.05) is 24.3 Å². The van der Waals surface area contributed by atoms with Gasteiger partial charge in [-0.1, -0.05) is 32.0 Å². The number of ether oxygens (including phenoxy) is 1. The smallest absolute Gasteiger partial charge is 0.191 e. The molecular weight excluding hydrogens is 238 g/mol. The van der Waals surface area contributed by atoms with E-state index in [2.05, 4.69) is 36.4 Å². The zero-order valence-electron chi connectivity index (χ0n) is 12.5. The molecule has 0 bridgehead atoms. The quantitative estimate of drug-likeness (QED) is 0.633. The van der Waals surface area contributed by atoms with Crippen LogP contribution in [-0.2, 0) is 6.54 Å². The second-order valence-corrected chi connectivity index (χ2v) is 4.91. The predicted molar refractivity (Wildman–Crippen MR) is 80.6 cm³/mol. The molecule has 0 amide bonds. The molecule has 1 unspecified atom stereocenters. The van der Waals surface area contributed by atoms with Crippen molar-refractivity contribution in [3.8, 4) is 5.75 Å². The molecule has 1 aromatic carbocycles. The Morgan fingerprint density at radius 2 is 1.95 bits per heavy atom. The fourth-order valence-corrected chi connectivity index (χ4v) is 1.60. The van der Waals surface area contributed by atoms with Gasteiger partial charge in [-0.2, -0.15) is 0 Å². The van der Waals surface area contributed by atoms with Crippen LogP contribution in [0, 0.1) is 5.92 Å². The highest BCUT2D eigenvalue weighted by atomic mass is 16.5. The Labute approximate surface area is 116 Å². The minimum absolute atomic E-state index is 0.379. The van der Waals surface area contributed by atoms with E-state index in [9.17, 15) is 0 Å². The Morgan fingerprint density at radius 1 is 1.26 bits per heavy atom. The molecule has 0 aliphatic carbocycles. The van der Waals surface area contributed by atoms with E-state index in [-0.39, 0.29) is 0 Å². The van der Waals surface area contributed by atoms with Gasteiger partial charge in [0.15, 0.2) is 5.96 Å². The van der Waals surface area contributed by atoms with Gasteiger partial charge in [0.1, 0.15) is 5.75 Å². The molecular formula is C15H25N3O. The van der Waals surface area contributed by atoms with Crippen molar-refractivity contribution in [1.82, 2.24) is 10.6 Å². The maximum Gasteiger partial charge on any atom is 0.191 e. The molecule has 0 aliphatic heterocycles. The first-order chi connectivity index (χ1) is 9.08. The first-order valence-electron chi connectivity index (χ1n) is 6.67. The van der Waals surface area contributed by atoms with Crippen molar-refractivity contribution in [1.29, 1.82) is 0 Å². The molecule has 106 valence electrons. The summed E-state index contributed by atoms with van der Waals surface area (Å²) in [6, 6.07) is 8.36. The number of benzene rings is 1. The van der Waals surface area contributed by atoms with Crippen molar-refractivity contribution in [2.24, 2.45) is 10.9 Å². The van der Waals surface area contributed by atoms with Gasteiger partial charge in [-0.05, 0) is 18.9 Å². The molecule has 1 aromatic rings. The number of nitrogens with one attached hydrogen (secondary N) is 2. The Bertz CT molecular complexity index is 416. The lowest BCUT2D eigenvalue weighted by Crippen LogP contribution is -2.43. The molecule has 4 nitrogen and oxygen atoms in total. The molecule has 0 saturated heterocycles. The summed E-state index contributed by atoms with van der Waals surface area (Å²) in [7, 11) is 3.47. The van der Waals surface area contributed by atoms with Crippen LogP contribution < -0.4 is 15.4 Å². The number of hydrogen-bond donors (Lipinski definition) is 2. The summed E-state index contributed by atoms with van der Waals surface area (Å²) >= 11 is 0. The summed E-state index contributed by atoms with van der Waals surface area (Å²) in [4.78, 5) is 4.23. The Morgan fingerprint density at radius 3 is 2.53 bits per heavy atom. The molecule has 0 aliphatic rings. The number of guanidine groups is 1. The van der Waals surface area contributed by atoms with Crippen molar-refractivity contribution in [2.45, 2.75) is 33.4 Å². The third-order valence-corrected chi connectivity index (χ3v) is 3.23. The molecule has 4 heteroatoms. The van der Waals surface area contributed by atoms with Crippen molar-refractivity contribution in [3.63, 3.8) is 0 Å². The molecule has 1 atom stereocenters. The fourth-order valence-electron chi connectivity index (χ4n) is 1.60. The molecule has 0 fully saturated rings. The van der Waals surface area contributed by atoms with Gasteiger partial charge in [0.25, 0.3) is 0 Å². The molecule has 19 heavy (non-hydrogen) atoms. The van der Waals surface area contributed by atoms with Gasteiger partial charge in [-0.25, -0.2) is 0 Å². The molecule has 2 N–H and O–H groups in total. The molecule has 0 spiro atoms. The van der Waals surface area contributed by atoms with E-state index < -0.39 is 0 Å². The van der Waals surface area contributed by atoms with Crippen molar-refractivity contribution < 1.29 is 4.74 Å². The highest BCUT2D eigenvalue weighted by Crippen LogP contribution is 2.16. The van der Waals surface area contributed by atoms with Crippen LogP contribution in [-0.4, -0.2) is 26.2 Å². The van der Waals surface area contributed by atoms with E-state index >= 15 is 0 Å². The summed E-state index contributed by atoms with van der Waals surface area (Å²) in [5, 5.41) is 6.68. The van der Waals surface area contributed by atoms with Crippen LogP contribution in [0.1, 0.15) is 26.3 Å². The first kappa shape index (κ1) is 15.3. The molecule has 0 saturated carbocycles. The zero-order valence-corrected chi connectivity index (χ0v) is 12.5. The molecule has 1 rings (SSSR count). The Kier molecular flexibility index (Phi) is 6.19. The predicted octanol–water partition coefficient (Wildman–Crippen LogP) is 2.40. The van der Waals surface area contributed by atoms with Crippen LogP contribution in [0.3, 0.4) is 0 Å². The van der Waals surface area contributed by atoms with E-state index in [1.165, 1.54) is 0 Å². The molecule has 0 aromatic heterocycles. The number of rotatable bonds is 5. The Balaban J connectivity index is 2.59. The standard InChI is InChI=1S/C15H25N3O/c1-11(2)12(3)18-15(16-4)17-10-13-8-6-7-9-14(13)19-5/h6-9,11-12H,10H2,1-5H3,(H2,16,17,18). The summed E-state index contributed by atoms with van der Waals surface area (Å²) < 4.78 is 5.33. The van der Waals surface area contributed by atoms with Crippen LogP contribution in [0.5, 0.6) is 5.75 Å². The summed E-state index contributed by atoms with van der Waals surface area (Å²) in [6.45, 7) is 7.21. The zero-order chi connectivity index (χ0) is 14.3. The van der Waals surface area contributed by atoms with E-state index in [0.717, 1.165) is 17.3 Å². The van der Waals surface area contributed by atoms with Gasteiger partial charge in [0, 0.05) is 25.2 Å². The third kappa shape index (κ3) is 4.81. The van der Waals surface area contributed by atoms with Crippen molar-refractivity contribution in [2.75, 3.05) is 14.2 Å². The summed E-state index contributed by atoms with van der Waals surface area (Å²) in [5.74, 6) is 2.26. The highest BCUT2D eigenvalue weighted by molar-refractivity contribution is 5.80. The minimum Gasteiger partial charge on any atom is -0.496 e. The lowest BCUT2D eigenvalue weighted by atomic mass is 10.1. The van der Waals surface area contributed by atoms with Crippen LogP contribution in [0.25, 0.3) is 0 Å². The molecule has 0 radical (unpaired) electrons. The largest absolute Gasteiger partial charge is 0.496 e. The number of hydrogen-bond acceptors (Lipinski definition) is 2. The number of para-hydroxylation sites is 1. The summed E-state index contributed by atoms with van der Waals surface area (Å²) in [6.07, 6.45) is 0. The number of aliphatic imine (C=N–C) groups is 1. The number of methoxy groups -OCH3 is 1. The van der Waals surface area contributed by atoms with Crippen LogP contribution in [0.4, 0.5) is 0 Å². The van der Waals surface area contributed by atoms with Gasteiger partial charge in [0.2, 0.25) is 0 Å². The fraction of sp³-hybridized carbons (Fsp3) is 0.533. The summed E-state index contributed by atoms with van der Waals surface area (Å²) in [5.41, 5.74) is 1.12. The maximum atomic E-state index is 5.33. The van der Waals surface area contributed by atoms with Gasteiger partial charge in [-0.15, -0.1) is 0 Å². The van der Waals surface area contributed by atoms with Crippen LogP contribution >= 0.6 is 0 Å².